The van der Waals surface area contributed by atoms with Crippen LogP contribution in [0.15, 0.2) is 0 Å². The Balaban J connectivity index is 2.09. The van der Waals surface area contributed by atoms with Crippen LogP contribution in [0.5, 0.6) is 0 Å². The van der Waals surface area contributed by atoms with Gasteiger partial charge < -0.3 is 0 Å². The van der Waals surface area contributed by atoms with E-state index in [4.69, 9.17) is 0 Å². The first-order valence-corrected chi connectivity index (χ1v) is 10.7. The Morgan fingerprint density at radius 2 is 1.54 bits per heavy atom. The smallest absolute Gasteiger partial charge is 0.0210 e. The van der Waals surface area contributed by atoms with Crippen LogP contribution in [0.1, 0.15) is 94.4 Å². The summed E-state index contributed by atoms with van der Waals surface area (Å²) in [6, 6.07) is 3.67. The SMILES string of the molecule is CC(CC1CCC(C)(C(C)C)N1C(C)C)C1CCC(C)N1C(C)C. The molecule has 5 atom stereocenters. The number of hydrogen-bond donors (Lipinski definition) is 0. The number of hydrogen-bond acceptors (Lipinski definition) is 2. The molecule has 142 valence electrons. The fourth-order valence-electron chi connectivity index (χ4n) is 6.07. The second kappa shape index (κ2) is 7.66. The van der Waals surface area contributed by atoms with Gasteiger partial charge >= 0.3 is 0 Å². The van der Waals surface area contributed by atoms with E-state index in [0.29, 0.717) is 17.6 Å². The highest BCUT2D eigenvalue weighted by molar-refractivity contribution is 5.02. The predicted molar refractivity (Wildman–Crippen MR) is 106 cm³/mol. The number of likely N-dealkylation sites (tertiary alicyclic amines) is 2. The van der Waals surface area contributed by atoms with Crippen LogP contribution >= 0.6 is 0 Å². The third kappa shape index (κ3) is 3.70. The van der Waals surface area contributed by atoms with Gasteiger partial charge in [-0.25, -0.2) is 0 Å². The van der Waals surface area contributed by atoms with Crippen LogP contribution in [0.25, 0.3) is 0 Å². The zero-order chi connectivity index (χ0) is 18.2. The highest BCUT2D eigenvalue weighted by atomic mass is 15.3. The molecule has 0 aromatic rings. The van der Waals surface area contributed by atoms with Crippen molar-refractivity contribution < 1.29 is 0 Å². The quantitative estimate of drug-likeness (QED) is 0.626. The van der Waals surface area contributed by atoms with Gasteiger partial charge in [-0.05, 0) is 85.5 Å². The topological polar surface area (TPSA) is 6.48 Å². The highest BCUT2D eigenvalue weighted by Gasteiger charge is 2.47. The lowest BCUT2D eigenvalue weighted by molar-refractivity contribution is 0.0269. The molecule has 0 aromatic heterocycles. The average Bonchev–Trinajstić information content (AvgIpc) is 3.00. The van der Waals surface area contributed by atoms with Crippen molar-refractivity contribution >= 4 is 0 Å². The van der Waals surface area contributed by atoms with Crippen molar-refractivity contribution in [1.29, 1.82) is 0 Å². The van der Waals surface area contributed by atoms with E-state index in [0.717, 1.165) is 30.0 Å². The average molecular weight is 337 g/mol. The number of nitrogens with zero attached hydrogens (tertiary/aromatic N) is 2. The molecule has 0 amide bonds. The molecule has 2 saturated heterocycles. The van der Waals surface area contributed by atoms with Crippen LogP contribution in [0.2, 0.25) is 0 Å². The molecule has 0 aromatic carbocycles. The van der Waals surface area contributed by atoms with Gasteiger partial charge in [0, 0.05) is 35.7 Å². The van der Waals surface area contributed by atoms with Crippen LogP contribution in [-0.4, -0.2) is 45.5 Å². The Bertz CT molecular complexity index is 403. The minimum absolute atomic E-state index is 0.388. The Morgan fingerprint density at radius 3 is 2.04 bits per heavy atom. The molecule has 2 fully saturated rings. The van der Waals surface area contributed by atoms with Gasteiger partial charge in [-0.1, -0.05) is 20.8 Å². The molecule has 0 N–H and O–H groups in total. The van der Waals surface area contributed by atoms with E-state index >= 15 is 0 Å². The Kier molecular flexibility index (Phi) is 6.46. The Hall–Kier alpha value is -0.0800. The Morgan fingerprint density at radius 1 is 0.917 bits per heavy atom. The first kappa shape index (κ1) is 20.2. The van der Waals surface area contributed by atoms with E-state index in [1.807, 2.05) is 0 Å². The predicted octanol–water partition coefficient (Wildman–Crippen LogP) is 5.56. The minimum atomic E-state index is 0.388. The fourth-order valence-corrected chi connectivity index (χ4v) is 6.07. The summed E-state index contributed by atoms with van der Waals surface area (Å²) in [5, 5.41) is 0. The van der Waals surface area contributed by atoms with Crippen molar-refractivity contribution in [2.24, 2.45) is 11.8 Å². The highest BCUT2D eigenvalue weighted by Crippen LogP contribution is 2.44. The maximum absolute atomic E-state index is 2.88. The molecule has 0 aliphatic carbocycles. The van der Waals surface area contributed by atoms with E-state index in [2.05, 4.69) is 72.1 Å². The van der Waals surface area contributed by atoms with Crippen LogP contribution in [0, 0.1) is 11.8 Å². The summed E-state index contributed by atoms with van der Waals surface area (Å²) in [4.78, 5) is 5.69. The summed E-state index contributed by atoms with van der Waals surface area (Å²) in [6.07, 6.45) is 6.92. The lowest BCUT2D eigenvalue weighted by Gasteiger charge is -2.45. The van der Waals surface area contributed by atoms with Gasteiger partial charge in [0.05, 0.1) is 0 Å². The lowest BCUT2D eigenvalue weighted by Crippen LogP contribution is -2.53. The van der Waals surface area contributed by atoms with Gasteiger partial charge in [0.1, 0.15) is 0 Å². The molecule has 5 unspecified atom stereocenters. The molecule has 0 bridgehead atoms. The van der Waals surface area contributed by atoms with Gasteiger partial charge in [0.15, 0.2) is 0 Å². The van der Waals surface area contributed by atoms with Crippen molar-refractivity contribution in [1.82, 2.24) is 9.80 Å². The third-order valence-corrected chi connectivity index (χ3v) is 7.44. The second-order valence-corrected chi connectivity index (χ2v) is 9.95. The molecule has 0 radical (unpaired) electrons. The largest absolute Gasteiger partial charge is 0.295 e. The maximum atomic E-state index is 2.88. The molecule has 2 heterocycles. The molecule has 2 aliphatic rings. The van der Waals surface area contributed by atoms with Crippen molar-refractivity contribution in [3.8, 4) is 0 Å². The van der Waals surface area contributed by atoms with Crippen molar-refractivity contribution in [2.45, 2.75) is 130 Å². The van der Waals surface area contributed by atoms with E-state index in [-0.39, 0.29) is 0 Å². The molecule has 2 heteroatoms. The molecule has 24 heavy (non-hydrogen) atoms. The van der Waals surface area contributed by atoms with Gasteiger partial charge in [0.2, 0.25) is 0 Å². The van der Waals surface area contributed by atoms with E-state index < -0.39 is 0 Å². The van der Waals surface area contributed by atoms with E-state index in [1.54, 1.807) is 0 Å². The summed E-state index contributed by atoms with van der Waals surface area (Å²) in [5.74, 6) is 1.54. The van der Waals surface area contributed by atoms with Crippen molar-refractivity contribution in [3.05, 3.63) is 0 Å². The van der Waals surface area contributed by atoms with Crippen LogP contribution < -0.4 is 0 Å². The van der Waals surface area contributed by atoms with E-state index in [9.17, 15) is 0 Å². The normalized spacial score (nSPS) is 37.2. The minimum Gasteiger partial charge on any atom is -0.295 e. The first-order valence-electron chi connectivity index (χ1n) is 10.7. The summed E-state index contributed by atoms with van der Waals surface area (Å²) in [7, 11) is 0. The van der Waals surface area contributed by atoms with Gasteiger partial charge in [0.25, 0.3) is 0 Å². The molecule has 0 spiro atoms. The van der Waals surface area contributed by atoms with Crippen molar-refractivity contribution in [2.75, 3.05) is 0 Å². The molecule has 2 aliphatic heterocycles. The second-order valence-electron chi connectivity index (χ2n) is 9.95. The summed E-state index contributed by atoms with van der Waals surface area (Å²) < 4.78 is 0. The fraction of sp³-hybridized carbons (Fsp3) is 1.00. The molecule has 0 saturated carbocycles. The summed E-state index contributed by atoms with van der Waals surface area (Å²) in [5.41, 5.74) is 0.388. The van der Waals surface area contributed by atoms with Crippen molar-refractivity contribution in [3.63, 3.8) is 0 Å². The van der Waals surface area contributed by atoms with Gasteiger partial charge in [-0.15, -0.1) is 0 Å². The molecular formula is C22H44N2. The zero-order valence-corrected chi connectivity index (χ0v) is 18.0. The summed E-state index contributed by atoms with van der Waals surface area (Å²) >= 11 is 0. The van der Waals surface area contributed by atoms with Crippen LogP contribution in [0.4, 0.5) is 0 Å². The zero-order valence-electron chi connectivity index (χ0n) is 18.0. The monoisotopic (exact) mass is 336 g/mol. The van der Waals surface area contributed by atoms with Crippen LogP contribution in [0.3, 0.4) is 0 Å². The Labute approximate surface area is 152 Å². The van der Waals surface area contributed by atoms with Gasteiger partial charge in [-0.3, -0.25) is 9.80 Å². The molecular weight excluding hydrogens is 292 g/mol. The van der Waals surface area contributed by atoms with E-state index in [1.165, 1.54) is 32.1 Å². The number of rotatable bonds is 6. The summed E-state index contributed by atoms with van der Waals surface area (Å²) in [6.45, 7) is 21.9. The van der Waals surface area contributed by atoms with Crippen LogP contribution in [-0.2, 0) is 0 Å². The standard InChI is InChI=1S/C22H44N2/c1-15(2)22(9)13-12-20(24(22)17(5)6)14-18(7)21-11-10-19(8)23(21)16(3)4/h15-21H,10-14H2,1-9H3. The molecule has 2 nitrogen and oxygen atoms in total. The lowest BCUT2D eigenvalue weighted by atomic mass is 9.85. The third-order valence-electron chi connectivity index (χ3n) is 7.44. The maximum Gasteiger partial charge on any atom is 0.0210 e. The molecule has 2 rings (SSSR count). The first-order chi connectivity index (χ1) is 11.1. The van der Waals surface area contributed by atoms with Gasteiger partial charge in [-0.2, -0.15) is 0 Å².